The van der Waals surface area contributed by atoms with Crippen LogP contribution in [0.15, 0.2) is 0 Å². The summed E-state index contributed by atoms with van der Waals surface area (Å²) in [4.78, 5) is 13.7. The van der Waals surface area contributed by atoms with Crippen molar-refractivity contribution in [1.29, 1.82) is 0 Å². The molecule has 88 valence electrons. The van der Waals surface area contributed by atoms with E-state index in [9.17, 15) is 4.79 Å². The zero-order valence-corrected chi connectivity index (χ0v) is 10.2. The van der Waals surface area contributed by atoms with Gasteiger partial charge in [-0.1, -0.05) is 6.92 Å². The Morgan fingerprint density at radius 3 is 2.60 bits per heavy atom. The van der Waals surface area contributed by atoms with Crippen molar-refractivity contribution in [1.82, 2.24) is 4.90 Å². The van der Waals surface area contributed by atoms with E-state index in [0.717, 1.165) is 19.0 Å². The quantitative estimate of drug-likeness (QED) is 0.606. The molecule has 0 bridgehead atoms. The van der Waals surface area contributed by atoms with Gasteiger partial charge in [-0.25, -0.2) is 0 Å². The highest BCUT2D eigenvalue weighted by Gasteiger charge is 2.26. The van der Waals surface area contributed by atoms with Gasteiger partial charge in [0.15, 0.2) is 0 Å². The summed E-state index contributed by atoms with van der Waals surface area (Å²) in [6, 6.07) is 0.314. The standard InChI is InChI=1S/C12H23NO2/c1-4-13(9-11-6-7-11)10(3)8-12(14)15-5-2/h10-11H,4-9H2,1-3H3. The highest BCUT2D eigenvalue weighted by Crippen LogP contribution is 2.30. The molecular weight excluding hydrogens is 190 g/mol. The topological polar surface area (TPSA) is 29.5 Å². The predicted molar refractivity (Wildman–Crippen MR) is 60.7 cm³/mol. The third-order valence-corrected chi connectivity index (χ3v) is 2.99. The van der Waals surface area contributed by atoms with Crippen molar-refractivity contribution in [3.05, 3.63) is 0 Å². The fourth-order valence-electron chi connectivity index (χ4n) is 1.84. The van der Waals surface area contributed by atoms with Gasteiger partial charge in [0.1, 0.15) is 0 Å². The summed E-state index contributed by atoms with van der Waals surface area (Å²) in [6.07, 6.45) is 3.25. The van der Waals surface area contributed by atoms with Crippen molar-refractivity contribution in [2.24, 2.45) is 5.92 Å². The molecule has 3 nitrogen and oxygen atoms in total. The highest BCUT2D eigenvalue weighted by molar-refractivity contribution is 5.70. The molecule has 3 heteroatoms. The summed E-state index contributed by atoms with van der Waals surface area (Å²) >= 11 is 0. The Labute approximate surface area is 92.8 Å². The lowest BCUT2D eigenvalue weighted by molar-refractivity contribution is -0.144. The monoisotopic (exact) mass is 213 g/mol. The Kier molecular flexibility index (Phi) is 5.09. The zero-order valence-electron chi connectivity index (χ0n) is 10.2. The number of carbonyl (C=O) groups is 1. The zero-order chi connectivity index (χ0) is 11.3. The Morgan fingerprint density at radius 1 is 1.47 bits per heavy atom. The minimum absolute atomic E-state index is 0.0701. The van der Waals surface area contributed by atoms with Crippen LogP contribution >= 0.6 is 0 Å². The van der Waals surface area contributed by atoms with E-state index in [1.165, 1.54) is 12.8 Å². The molecule has 1 aliphatic carbocycles. The van der Waals surface area contributed by atoms with Crippen molar-refractivity contribution >= 4 is 5.97 Å². The Hall–Kier alpha value is -0.570. The van der Waals surface area contributed by atoms with Crippen LogP contribution in [0.5, 0.6) is 0 Å². The van der Waals surface area contributed by atoms with Gasteiger partial charge < -0.3 is 9.64 Å². The molecule has 0 spiro atoms. The van der Waals surface area contributed by atoms with Gasteiger partial charge in [0.05, 0.1) is 13.0 Å². The molecule has 0 saturated heterocycles. The normalized spacial score (nSPS) is 17.9. The molecule has 15 heavy (non-hydrogen) atoms. The minimum Gasteiger partial charge on any atom is -0.466 e. The maximum atomic E-state index is 11.3. The molecule has 1 fully saturated rings. The summed E-state index contributed by atoms with van der Waals surface area (Å²) < 4.78 is 4.96. The molecule has 1 saturated carbocycles. The molecule has 0 amide bonds. The van der Waals surface area contributed by atoms with Crippen LogP contribution in [0.25, 0.3) is 0 Å². The van der Waals surface area contributed by atoms with Crippen LogP contribution < -0.4 is 0 Å². The number of nitrogens with zero attached hydrogens (tertiary/aromatic N) is 1. The Morgan fingerprint density at radius 2 is 2.13 bits per heavy atom. The van der Waals surface area contributed by atoms with E-state index in [0.29, 0.717) is 19.1 Å². The van der Waals surface area contributed by atoms with Crippen LogP contribution in [0.2, 0.25) is 0 Å². The lowest BCUT2D eigenvalue weighted by atomic mass is 10.2. The first-order valence-electron chi connectivity index (χ1n) is 6.07. The third-order valence-electron chi connectivity index (χ3n) is 2.99. The summed E-state index contributed by atoms with van der Waals surface area (Å²) in [5.41, 5.74) is 0. The van der Waals surface area contributed by atoms with Gasteiger partial charge in [-0.05, 0) is 39.2 Å². The number of carbonyl (C=O) groups excluding carboxylic acids is 1. The van der Waals surface area contributed by atoms with Crippen LogP contribution in [0.3, 0.4) is 0 Å². The smallest absolute Gasteiger partial charge is 0.307 e. The Bertz CT molecular complexity index is 202. The molecule has 0 aromatic heterocycles. The molecule has 0 radical (unpaired) electrons. The molecule has 0 heterocycles. The van der Waals surface area contributed by atoms with Gasteiger partial charge in [0, 0.05) is 12.6 Å². The van der Waals surface area contributed by atoms with Crippen molar-refractivity contribution in [2.75, 3.05) is 19.7 Å². The molecular formula is C12H23NO2. The van der Waals surface area contributed by atoms with Crippen molar-refractivity contribution in [3.63, 3.8) is 0 Å². The minimum atomic E-state index is -0.0701. The van der Waals surface area contributed by atoms with Gasteiger partial charge in [-0.3, -0.25) is 4.79 Å². The molecule has 0 N–H and O–H groups in total. The van der Waals surface area contributed by atoms with E-state index in [2.05, 4.69) is 18.7 Å². The first kappa shape index (κ1) is 12.5. The van der Waals surface area contributed by atoms with Crippen LogP contribution in [-0.2, 0) is 9.53 Å². The fraction of sp³-hybridized carbons (Fsp3) is 0.917. The summed E-state index contributed by atoms with van der Waals surface area (Å²) in [7, 11) is 0. The molecule has 1 atom stereocenters. The van der Waals surface area contributed by atoms with Crippen molar-refractivity contribution in [3.8, 4) is 0 Å². The van der Waals surface area contributed by atoms with Crippen LogP contribution in [-0.4, -0.2) is 36.6 Å². The number of hydrogen-bond donors (Lipinski definition) is 0. The van der Waals surface area contributed by atoms with Crippen LogP contribution in [0.1, 0.15) is 40.0 Å². The second kappa shape index (κ2) is 6.11. The van der Waals surface area contributed by atoms with Gasteiger partial charge in [0.25, 0.3) is 0 Å². The largest absolute Gasteiger partial charge is 0.466 e. The first-order valence-corrected chi connectivity index (χ1v) is 6.07. The lowest BCUT2D eigenvalue weighted by Crippen LogP contribution is -2.36. The first-order chi connectivity index (χ1) is 7.17. The summed E-state index contributed by atoms with van der Waals surface area (Å²) in [5.74, 6) is 0.814. The number of hydrogen-bond acceptors (Lipinski definition) is 3. The molecule has 0 aromatic rings. The van der Waals surface area contributed by atoms with Crippen LogP contribution in [0.4, 0.5) is 0 Å². The fourth-order valence-corrected chi connectivity index (χ4v) is 1.84. The van der Waals surface area contributed by atoms with Crippen LogP contribution in [0, 0.1) is 5.92 Å². The Balaban J connectivity index is 2.27. The average Bonchev–Trinajstić information content (AvgIpc) is 2.97. The van der Waals surface area contributed by atoms with Gasteiger partial charge in [-0.2, -0.15) is 0 Å². The second-order valence-electron chi connectivity index (χ2n) is 4.39. The van der Waals surface area contributed by atoms with E-state index in [1.807, 2.05) is 6.92 Å². The molecule has 1 rings (SSSR count). The maximum absolute atomic E-state index is 11.3. The molecule has 1 unspecified atom stereocenters. The van der Waals surface area contributed by atoms with E-state index in [-0.39, 0.29) is 5.97 Å². The van der Waals surface area contributed by atoms with Crippen molar-refractivity contribution in [2.45, 2.75) is 46.1 Å². The van der Waals surface area contributed by atoms with E-state index in [4.69, 9.17) is 4.74 Å². The molecule has 0 aromatic carbocycles. The molecule has 0 aliphatic heterocycles. The van der Waals surface area contributed by atoms with Crippen molar-refractivity contribution < 1.29 is 9.53 Å². The summed E-state index contributed by atoms with van der Waals surface area (Å²) in [5, 5.41) is 0. The molecule has 1 aliphatic rings. The predicted octanol–water partition coefficient (Wildman–Crippen LogP) is 2.06. The van der Waals surface area contributed by atoms with Gasteiger partial charge in [-0.15, -0.1) is 0 Å². The number of rotatable bonds is 7. The van der Waals surface area contributed by atoms with Gasteiger partial charge >= 0.3 is 5.97 Å². The highest BCUT2D eigenvalue weighted by atomic mass is 16.5. The van der Waals surface area contributed by atoms with E-state index in [1.54, 1.807) is 0 Å². The average molecular weight is 213 g/mol. The number of ether oxygens (including phenoxy) is 1. The maximum Gasteiger partial charge on any atom is 0.307 e. The summed E-state index contributed by atoms with van der Waals surface area (Å²) in [6.45, 7) is 8.78. The van der Waals surface area contributed by atoms with E-state index >= 15 is 0 Å². The third kappa shape index (κ3) is 4.65. The van der Waals surface area contributed by atoms with Gasteiger partial charge in [0.2, 0.25) is 0 Å². The SMILES string of the molecule is CCOC(=O)CC(C)N(CC)CC1CC1. The second-order valence-corrected chi connectivity index (χ2v) is 4.39. The van der Waals surface area contributed by atoms with E-state index < -0.39 is 0 Å². The lowest BCUT2D eigenvalue weighted by Gasteiger charge is -2.27. The number of esters is 1.